The average Bonchev–Trinajstić information content (AvgIpc) is 2.65. The second-order valence-corrected chi connectivity index (χ2v) is 5.21. The molecule has 0 unspecified atom stereocenters. The van der Waals surface area contributed by atoms with Crippen LogP contribution in [0.4, 0.5) is 0 Å². The minimum absolute atomic E-state index is 0.0673. The molecule has 0 aliphatic carbocycles. The fraction of sp³-hybridized carbons (Fsp3) is 0. The number of benzene rings is 2. The zero-order valence-electron chi connectivity index (χ0n) is 13.1. The fourth-order valence-corrected chi connectivity index (χ4v) is 2.27. The minimum Gasteiger partial charge on any atom is -0.508 e. The lowest BCUT2D eigenvalue weighted by atomic mass is 10.0. The predicted octanol–water partition coefficient (Wildman–Crippen LogP) is 2.68. The Hall–Kier alpha value is -3.67. The van der Waals surface area contributed by atoms with E-state index in [1.165, 1.54) is 18.2 Å². The van der Waals surface area contributed by atoms with Crippen LogP contribution in [0.1, 0.15) is 21.5 Å². The van der Waals surface area contributed by atoms with Crippen LogP contribution in [-0.2, 0) is 0 Å². The van der Waals surface area contributed by atoms with Crippen LogP contribution in [0.2, 0.25) is 0 Å². The first-order valence-electron chi connectivity index (χ1n) is 7.51. The summed E-state index contributed by atoms with van der Waals surface area (Å²) in [6.07, 6.45) is 3.29. The van der Waals surface area contributed by atoms with E-state index in [-0.39, 0.29) is 17.1 Å². The Labute approximate surface area is 144 Å². The Bertz CT molecular complexity index is 868. The van der Waals surface area contributed by atoms with Crippen molar-refractivity contribution in [2.24, 2.45) is 5.10 Å². The van der Waals surface area contributed by atoms with Gasteiger partial charge in [-0.1, -0.05) is 30.3 Å². The van der Waals surface area contributed by atoms with Gasteiger partial charge in [0, 0.05) is 23.5 Å². The summed E-state index contributed by atoms with van der Waals surface area (Å²) in [6.45, 7) is 0. The molecule has 3 rings (SSSR count). The number of aromatic hydroxyl groups is 2. The van der Waals surface area contributed by atoms with Gasteiger partial charge >= 0.3 is 0 Å². The molecule has 1 aromatic heterocycles. The highest BCUT2D eigenvalue weighted by Crippen LogP contribution is 2.21. The van der Waals surface area contributed by atoms with E-state index in [4.69, 9.17) is 0 Å². The number of nitrogens with zero attached hydrogens (tertiary/aromatic N) is 2. The third kappa shape index (κ3) is 3.81. The third-order valence-electron chi connectivity index (χ3n) is 3.48. The summed E-state index contributed by atoms with van der Waals surface area (Å²) in [5.41, 5.74) is 4.41. The van der Waals surface area contributed by atoms with Gasteiger partial charge in [0.15, 0.2) is 0 Å². The van der Waals surface area contributed by atoms with Gasteiger partial charge in [-0.25, -0.2) is 5.43 Å². The normalized spacial score (nSPS) is 11.1. The standard InChI is InChI=1S/C19H15N3O3/c23-15-8-9-17(24)16(11-15)19(25)22-21-18(13-5-2-1-3-6-13)14-7-4-10-20-12-14/h1-12,23-24H,(H,22,25)/b21-18-. The van der Waals surface area contributed by atoms with E-state index in [1.807, 2.05) is 36.4 Å². The molecule has 124 valence electrons. The topological polar surface area (TPSA) is 94.8 Å². The van der Waals surface area contributed by atoms with Gasteiger partial charge in [0.05, 0.1) is 11.3 Å². The van der Waals surface area contributed by atoms with Crippen LogP contribution in [0, 0.1) is 0 Å². The number of amides is 1. The smallest absolute Gasteiger partial charge is 0.275 e. The Morgan fingerprint density at radius 1 is 0.960 bits per heavy atom. The summed E-state index contributed by atoms with van der Waals surface area (Å²) in [5.74, 6) is -0.999. The minimum atomic E-state index is -0.634. The largest absolute Gasteiger partial charge is 0.508 e. The van der Waals surface area contributed by atoms with Crippen LogP contribution in [-0.4, -0.2) is 26.8 Å². The van der Waals surface area contributed by atoms with Gasteiger partial charge < -0.3 is 10.2 Å². The van der Waals surface area contributed by atoms with Crippen molar-refractivity contribution >= 4 is 11.6 Å². The number of carbonyl (C=O) groups excluding carboxylic acids is 1. The first-order chi connectivity index (χ1) is 12.1. The van der Waals surface area contributed by atoms with Crippen LogP contribution < -0.4 is 5.43 Å². The molecular formula is C19H15N3O3. The van der Waals surface area contributed by atoms with Gasteiger partial charge in [0.2, 0.25) is 0 Å². The SMILES string of the molecule is O=C(N/N=C(/c1ccccc1)c1cccnc1)c1cc(O)ccc1O. The summed E-state index contributed by atoms with van der Waals surface area (Å²) in [7, 11) is 0. The molecule has 0 saturated carbocycles. The van der Waals surface area contributed by atoms with Crippen molar-refractivity contribution in [1.82, 2.24) is 10.4 Å². The van der Waals surface area contributed by atoms with Crippen LogP contribution in [0.3, 0.4) is 0 Å². The highest BCUT2D eigenvalue weighted by Gasteiger charge is 2.13. The highest BCUT2D eigenvalue weighted by atomic mass is 16.3. The van der Waals surface area contributed by atoms with E-state index < -0.39 is 5.91 Å². The van der Waals surface area contributed by atoms with Gasteiger partial charge in [-0.05, 0) is 30.3 Å². The number of hydrogen-bond acceptors (Lipinski definition) is 5. The van der Waals surface area contributed by atoms with E-state index in [9.17, 15) is 15.0 Å². The van der Waals surface area contributed by atoms with Gasteiger partial charge in [-0.15, -0.1) is 0 Å². The molecule has 0 spiro atoms. The molecule has 0 fully saturated rings. The molecule has 1 amide bonds. The number of phenolic OH excluding ortho intramolecular Hbond substituents is 2. The monoisotopic (exact) mass is 333 g/mol. The molecule has 1 heterocycles. The Morgan fingerprint density at radius 3 is 2.44 bits per heavy atom. The van der Waals surface area contributed by atoms with Crippen LogP contribution in [0.5, 0.6) is 11.5 Å². The van der Waals surface area contributed by atoms with Gasteiger partial charge in [-0.3, -0.25) is 9.78 Å². The van der Waals surface area contributed by atoms with Crippen LogP contribution in [0.15, 0.2) is 78.2 Å². The molecule has 0 atom stereocenters. The summed E-state index contributed by atoms with van der Waals surface area (Å²) in [4.78, 5) is 16.4. The summed E-state index contributed by atoms with van der Waals surface area (Å²) in [6, 6.07) is 16.7. The zero-order valence-corrected chi connectivity index (χ0v) is 13.1. The maximum atomic E-state index is 12.3. The molecule has 6 heteroatoms. The second-order valence-electron chi connectivity index (χ2n) is 5.21. The highest BCUT2D eigenvalue weighted by molar-refractivity contribution is 6.13. The molecule has 0 bridgehead atoms. The molecule has 0 radical (unpaired) electrons. The summed E-state index contributed by atoms with van der Waals surface area (Å²) < 4.78 is 0. The molecule has 6 nitrogen and oxygen atoms in total. The number of rotatable bonds is 4. The Balaban J connectivity index is 1.94. The maximum Gasteiger partial charge on any atom is 0.275 e. The third-order valence-corrected chi connectivity index (χ3v) is 3.48. The number of phenols is 2. The van der Waals surface area contributed by atoms with Gasteiger partial charge in [0.25, 0.3) is 5.91 Å². The first kappa shape index (κ1) is 16.2. The van der Waals surface area contributed by atoms with Crippen LogP contribution in [0.25, 0.3) is 0 Å². The first-order valence-corrected chi connectivity index (χ1v) is 7.51. The molecule has 0 saturated heterocycles. The maximum absolute atomic E-state index is 12.3. The predicted molar refractivity (Wildman–Crippen MR) is 93.6 cm³/mol. The van der Waals surface area contributed by atoms with E-state index in [0.717, 1.165) is 11.1 Å². The average molecular weight is 333 g/mol. The molecule has 25 heavy (non-hydrogen) atoms. The van der Waals surface area contributed by atoms with Gasteiger partial charge in [0.1, 0.15) is 11.5 Å². The van der Waals surface area contributed by atoms with Crippen molar-refractivity contribution < 1.29 is 15.0 Å². The molecule has 0 aliphatic rings. The number of nitrogens with one attached hydrogen (secondary N) is 1. The van der Waals surface area contributed by atoms with Crippen molar-refractivity contribution in [3.05, 3.63) is 89.7 Å². The van der Waals surface area contributed by atoms with Crippen molar-refractivity contribution in [3.8, 4) is 11.5 Å². The van der Waals surface area contributed by atoms with E-state index >= 15 is 0 Å². The molecule has 0 aliphatic heterocycles. The number of pyridine rings is 1. The summed E-state index contributed by atoms with van der Waals surface area (Å²) in [5, 5.41) is 23.5. The van der Waals surface area contributed by atoms with Crippen molar-refractivity contribution in [1.29, 1.82) is 0 Å². The van der Waals surface area contributed by atoms with E-state index in [0.29, 0.717) is 5.71 Å². The lowest BCUT2D eigenvalue weighted by Gasteiger charge is -2.08. The molecule has 3 aromatic rings. The summed E-state index contributed by atoms with van der Waals surface area (Å²) >= 11 is 0. The molecule has 3 N–H and O–H groups in total. The van der Waals surface area contributed by atoms with Crippen LogP contribution >= 0.6 is 0 Å². The van der Waals surface area contributed by atoms with Crippen molar-refractivity contribution in [2.75, 3.05) is 0 Å². The van der Waals surface area contributed by atoms with E-state index in [1.54, 1.807) is 18.5 Å². The number of hydrazone groups is 1. The second kappa shape index (κ2) is 7.27. The quantitative estimate of drug-likeness (QED) is 0.389. The lowest BCUT2D eigenvalue weighted by molar-refractivity contribution is 0.0952. The van der Waals surface area contributed by atoms with E-state index in [2.05, 4.69) is 15.5 Å². The molecular weight excluding hydrogens is 318 g/mol. The van der Waals surface area contributed by atoms with Crippen molar-refractivity contribution in [2.45, 2.75) is 0 Å². The van der Waals surface area contributed by atoms with Crippen molar-refractivity contribution in [3.63, 3.8) is 0 Å². The number of hydrogen-bond donors (Lipinski definition) is 3. The number of aromatic nitrogens is 1. The number of carbonyl (C=O) groups is 1. The molecule has 2 aromatic carbocycles. The van der Waals surface area contributed by atoms with Gasteiger partial charge in [-0.2, -0.15) is 5.10 Å². The fourth-order valence-electron chi connectivity index (χ4n) is 2.27. The Morgan fingerprint density at radius 2 is 1.72 bits per heavy atom. The zero-order chi connectivity index (χ0) is 17.6. The lowest BCUT2D eigenvalue weighted by Crippen LogP contribution is -2.20. The Kier molecular flexibility index (Phi) is 4.71.